The summed E-state index contributed by atoms with van der Waals surface area (Å²) in [6.07, 6.45) is 4.44. The molecule has 1 aromatic heterocycles. The van der Waals surface area contributed by atoms with Crippen LogP contribution in [0.2, 0.25) is 5.15 Å². The second-order valence-electron chi connectivity index (χ2n) is 4.16. The molecule has 0 amide bonds. The van der Waals surface area contributed by atoms with Crippen molar-refractivity contribution in [3.63, 3.8) is 0 Å². The summed E-state index contributed by atoms with van der Waals surface area (Å²) in [7, 11) is 0. The molecule has 0 bridgehead atoms. The lowest BCUT2D eigenvalue weighted by Crippen LogP contribution is -2.26. The molecule has 16 heavy (non-hydrogen) atoms. The van der Waals surface area contributed by atoms with Gasteiger partial charge in [0.15, 0.2) is 0 Å². The molecule has 0 saturated heterocycles. The first-order valence-electron chi connectivity index (χ1n) is 5.28. The van der Waals surface area contributed by atoms with E-state index in [0.717, 1.165) is 24.3 Å². The second-order valence-corrected chi connectivity index (χ2v) is 6.03. The van der Waals surface area contributed by atoms with Gasteiger partial charge in [-0.15, -0.1) is 0 Å². The van der Waals surface area contributed by atoms with Crippen LogP contribution in [-0.4, -0.2) is 27.5 Å². The molecule has 0 unspecified atom stereocenters. The molecule has 0 atom stereocenters. The summed E-state index contributed by atoms with van der Waals surface area (Å²) in [5.41, 5.74) is 0.987. The molecule has 1 rings (SSSR count). The molecule has 5 heteroatoms. The fourth-order valence-electron chi connectivity index (χ4n) is 1.23. The molecular weight excluding hydrogens is 242 g/mol. The lowest BCUT2D eigenvalue weighted by molar-refractivity contribution is 0.748. The maximum absolute atomic E-state index is 6.02. The van der Waals surface area contributed by atoms with Crippen molar-refractivity contribution in [1.29, 1.82) is 0 Å². The first-order chi connectivity index (χ1) is 7.50. The fraction of sp³-hybridized carbons (Fsp3) is 0.636. The van der Waals surface area contributed by atoms with Crippen molar-refractivity contribution < 1.29 is 0 Å². The van der Waals surface area contributed by atoms with E-state index >= 15 is 0 Å². The van der Waals surface area contributed by atoms with E-state index in [0.29, 0.717) is 5.15 Å². The van der Waals surface area contributed by atoms with E-state index in [-0.39, 0.29) is 4.75 Å². The van der Waals surface area contributed by atoms with Crippen molar-refractivity contribution in [1.82, 2.24) is 9.97 Å². The molecular formula is C11H18ClN3S. The predicted octanol–water partition coefficient (Wildman–Crippen LogP) is 3.25. The molecule has 1 N–H and O–H groups in total. The summed E-state index contributed by atoms with van der Waals surface area (Å²) in [6.45, 7) is 7.29. The van der Waals surface area contributed by atoms with Gasteiger partial charge >= 0.3 is 0 Å². The van der Waals surface area contributed by atoms with Crippen molar-refractivity contribution in [2.45, 2.75) is 31.9 Å². The average Bonchev–Trinajstić information content (AvgIpc) is 2.26. The van der Waals surface area contributed by atoms with Crippen LogP contribution in [0.15, 0.2) is 6.33 Å². The van der Waals surface area contributed by atoms with E-state index in [2.05, 4.69) is 42.3 Å². The molecule has 0 aliphatic rings. The highest BCUT2D eigenvalue weighted by Crippen LogP contribution is 2.24. The third kappa shape index (κ3) is 3.52. The number of nitrogens with zero attached hydrogens (tertiary/aromatic N) is 2. The van der Waals surface area contributed by atoms with E-state index < -0.39 is 0 Å². The minimum Gasteiger partial charge on any atom is -0.368 e. The molecule has 0 radical (unpaired) electrons. The molecule has 3 nitrogen and oxygen atoms in total. The van der Waals surface area contributed by atoms with E-state index in [4.69, 9.17) is 11.6 Å². The highest BCUT2D eigenvalue weighted by atomic mass is 35.5. The van der Waals surface area contributed by atoms with Crippen molar-refractivity contribution in [2.24, 2.45) is 0 Å². The molecule has 0 spiro atoms. The SMILES string of the molecule is CCc1c(Cl)ncnc1NCC(C)(C)SC. The smallest absolute Gasteiger partial charge is 0.137 e. The minimum atomic E-state index is 0.183. The van der Waals surface area contributed by atoms with Gasteiger partial charge in [0, 0.05) is 16.9 Å². The van der Waals surface area contributed by atoms with Crippen molar-refractivity contribution in [3.05, 3.63) is 17.0 Å². The Kier molecular flexibility index (Phi) is 4.87. The Morgan fingerprint density at radius 3 is 2.69 bits per heavy atom. The first-order valence-corrected chi connectivity index (χ1v) is 6.89. The Hall–Kier alpha value is -0.480. The molecule has 90 valence electrons. The van der Waals surface area contributed by atoms with Crippen LogP contribution in [0.1, 0.15) is 26.3 Å². The summed E-state index contributed by atoms with van der Waals surface area (Å²) < 4.78 is 0.183. The zero-order valence-electron chi connectivity index (χ0n) is 10.2. The van der Waals surface area contributed by atoms with Crippen LogP contribution in [0.5, 0.6) is 0 Å². The van der Waals surface area contributed by atoms with Crippen LogP contribution in [-0.2, 0) is 6.42 Å². The summed E-state index contributed by atoms with van der Waals surface area (Å²) in [5.74, 6) is 0.852. The molecule has 0 aliphatic heterocycles. The number of nitrogens with one attached hydrogen (secondary N) is 1. The fourth-order valence-corrected chi connectivity index (χ4v) is 1.71. The van der Waals surface area contributed by atoms with Crippen LogP contribution < -0.4 is 5.32 Å². The van der Waals surface area contributed by atoms with Gasteiger partial charge in [0.05, 0.1) is 0 Å². The van der Waals surface area contributed by atoms with Gasteiger partial charge in [0.1, 0.15) is 17.3 Å². The van der Waals surface area contributed by atoms with Crippen LogP contribution in [0, 0.1) is 0 Å². The number of aromatic nitrogens is 2. The topological polar surface area (TPSA) is 37.8 Å². The molecule has 1 heterocycles. The maximum atomic E-state index is 6.02. The molecule has 1 aromatic rings. The summed E-state index contributed by atoms with van der Waals surface area (Å²) in [6, 6.07) is 0. The van der Waals surface area contributed by atoms with E-state index in [1.807, 2.05) is 11.8 Å². The van der Waals surface area contributed by atoms with Crippen molar-refractivity contribution >= 4 is 29.2 Å². The third-order valence-electron chi connectivity index (χ3n) is 2.48. The maximum Gasteiger partial charge on any atom is 0.137 e. The molecule has 0 aromatic carbocycles. The van der Waals surface area contributed by atoms with Gasteiger partial charge in [-0.05, 0) is 26.5 Å². The Labute approximate surface area is 106 Å². The Morgan fingerprint density at radius 2 is 2.12 bits per heavy atom. The number of thioether (sulfide) groups is 1. The van der Waals surface area contributed by atoms with Crippen LogP contribution in [0.4, 0.5) is 5.82 Å². The van der Waals surface area contributed by atoms with Crippen LogP contribution >= 0.6 is 23.4 Å². The number of hydrogen-bond acceptors (Lipinski definition) is 4. The van der Waals surface area contributed by atoms with E-state index in [9.17, 15) is 0 Å². The Morgan fingerprint density at radius 1 is 1.44 bits per heavy atom. The summed E-state index contributed by atoms with van der Waals surface area (Å²) >= 11 is 7.84. The molecule has 0 saturated carbocycles. The lowest BCUT2D eigenvalue weighted by Gasteiger charge is -2.23. The van der Waals surface area contributed by atoms with Gasteiger partial charge in [-0.2, -0.15) is 11.8 Å². The molecule has 0 fully saturated rings. The minimum absolute atomic E-state index is 0.183. The van der Waals surface area contributed by atoms with Gasteiger partial charge < -0.3 is 5.32 Å². The van der Waals surface area contributed by atoms with Gasteiger partial charge in [-0.25, -0.2) is 9.97 Å². The van der Waals surface area contributed by atoms with Crippen LogP contribution in [0.25, 0.3) is 0 Å². The standard InChI is InChI=1S/C11H18ClN3S/c1-5-8-9(12)14-7-15-10(8)13-6-11(2,3)16-4/h7H,5-6H2,1-4H3,(H,13,14,15). The van der Waals surface area contributed by atoms with E-state index in [1.165, 1.54) is 6.33 Å². The second kappa shape index (κ2) is 5.73. The van der Waals surface area contributed by atoms with E-state index in [1.54, 1.807) is 0 Å². The zero-order chi connectivity index (χ0) is 12.2. The third-order valence-corrected chi connectivity index (χ3v) is 4.06. The Bertz CT molecular complexity index is 355. The summed E-state index contributed by atoms with van der Waals surface area (Å²) in [4.78, 5) is 8.22. The highest BCUT2D eigenvalue weighted by Gasteiger charge is 2.17. The monoisotopic (exact) mass is 259 g/mol. The quantitative estimate of drug-likeness (QED) is 0.824. The first kappa shape index (κ1) is 13.6. The average molecular weight is 260 g/mol. The Balaban J connectivity index is 2.78. The van der Waals surface area contributed by atoms with Crippen LogP contribution in [0.3, 0.4) is 0 Å². The number of anilines is 1. The highest BCUT2D eigenvalue weighted by molar-refractivity contribution is 7.99. The number of rotatable bonds is 5. The number of hydrogen-bond donors (Lipinski definition) is 1. The van der Waals surface area contributed by atoms with Gasteiger partial charge in [-0.1, -0.05) is 18.5 Å². The van der Waals surface area contributed by atoms with Gasteiger partial charge in [0.2, 0.25) is 0 Å². The lowest BCUT2D eigenvalue weighted by atomic mass is 10.2. The number of halogens is 1. The normalized spacial score (nSPS) is 11.6. The summed E-state index contributed by atoms with van der Waals surface area (Å²) in [5, 5.41) is 3.88. The largest absolute Gasteiger partial charge is 0.368 e. The van der Waals surface area contributed by atoms with Gasteiger partial charge in [-0.3, -0.25) is 0 Å². The predicted molar refractivity (Wildman–Crippen MR) is 72.5 cm³/mol. The van der Waals surface area contributed by atoms with Crippen molar-refractivity contribution in [3.8, 4) is 0 Å². The van der Waals surface area contributed by atoms with Gasteiger partial charge in [0.25, 0.3) is 0 Å². The van der Waals surface area contributed by atoms with Crippen molar-refractivity contribution in [2.75, 3.05) is 18.1 Å². The molecule has 0 aliphatic carbocycles. The zero-order valence-corrected chi connectivity index (χ0v) is 11.7.